The Balaban J connectivity index is 1.57. The van der Waals surface area contributed by atoms with E-state index in [1.165, 1.54) is 23.9 Å². The SMILES string of the molecule is Cc1cccc(NC(=O)CSc2ccc(-c3ccc([N+](=O)[O-])cc3)nn2)c1. The van der Waals surface area contributed by atoms with Gasteiger partial charge in [-0.3, -0.25) is 14.9 Å². The molecule has 27 heavy (non-hydrogen) atoms. The molecule has 1 heterocycles. The second-order valence-corrected chi connectivity index (χ2v) is 6.76. The van der Waals surface area contributed by atoms with Crippen LogP contribution >= 0.6 is 11.8 Å². The van der Waals surface area contributed by atoms with Gasteiger partial charge in [-0.1, -0.05) is 23.9 Å². The van der Waals surface area contributed by atoms with Crippen molar-refractivity contribution in [2.75, 3.05) is 11.1 Å². The molecule has 0 aliphatic carbocycles. The predicted octanol–water partition coefficient (Wildman–Crippen LogP) is 4.09. The molecule has 0 saturated carbocycles. The van der Waals surface area contributed by atoms with Gasteiger partial charge in [-0.25, -0.2) is 0 Å². The van der Waals surface area contributed by atoms with Crippen molar-refractivity contribution in [2.45, 2.75) is 11.9 Å². The number of thioether (sulfide) groups is 1. The normalized spacial score (nSPS) is 10.4. The van der Waals surface area contributed by atoms with Gasteiger partial charge in [-0.15, -0.1) is 10.2 Å². The first-order valence-corrected chi connectivity index (χ1v) is 9.08. The van der Waals surface area contributed by atoms with Gasteiger partial charge in [-0.2, -0.15) is 0 Å². The van der Waals surface area contributed by atoms with E-state index < -0.39 is 4.92 Å². The van der Waals surface area contributed by atoms with Gasteiger partial charge in [0.1, 0.15) is 5.03 Å². The number of aromatic nitrogens is 2. The van der Waals surface area contributed by atoms with Gasteiger partial charge in [-0.05, 0) is 48.9 Å². The lowest BCUT2D eigenvalue weighted by Crippen LogP contribution is -2.14. The lowest BCUT2D eigenvalue weighted by molar-refractivity contribution is -0.384. The number of carbonyl (C=O) groups excluding carboxylic acids is 1. The Morgan fingerprint density at radius 3 is 2.52 bits per heavy atom. The smallest absolute Gasteiger partial charge is 0.269 e. The van der Waals surface area contributed by atoms with Crippen LogP contribution in [0.1, 0.15) is 5.56 Å². The van der Waals surface area contributed by atoms with Crippen molar-refractivity contribution < 1.29 is 9.72 Å². The third-order valence-electron chi connectivity index (χ3n) is 3.67. The summed E-state index contributed by atoms with van der Waals surface area (Å²) in [5, 5.41) is 22.4. The molecule has 0 fully saturated rings. The van der Waals surface area contributed by atoms with E-state index in [2.05, 4.69) is 15.5 Å². The van der Waals surface area contributed by atoms with E-state index >= 15 is 0 Å². The number of anilines is 1. The molecule has 7 nitrogen and oxygen atoms in total. The molecule has 1 amide bonds. The summed E-state index contributed by atoms with van der Waals surface area (Å²) in [7, 11) is 0. The van der Waals surface area contributed by atoms with Gasteiger partial charge in [0.25, 0.3) is 5.69 Å². The molecule has 0 aliphatic rings. The van der Waals surface area contributed by atoms with Crippen molar-refractivity contribution >= 4 is 29.0 Å². The standard InChI is InChI=1S/C19H16N4O3S/c1-13-3-2-4-15(11-13)20-18(24)12-27-19-10-9-17(21-22-19)14-5-7-16(8-6-14)23(25)26/h2-11H,12H2,1H3,(H,20,24). The Morgan fingerprint density at radius 1 is 1.11 bits per heavy atom. The van der Waals surface area contributed by atoms with Gasteiger partial charge in [0, 0.05) is 23.4 Å². The summed E-state index contributed by atoms with van der Waals surface area (Å²) in [6, 6.07) is 17.3. The molecule has 1 N–H and O–H groups in total. The van der Waals surface area contributed by atoms with Crippen LogP contribution in [0.3, 0.4) is 0 Å². The Hall–Kier alpha value is -3.26. The Labute approximate surface area is 160 Å². The first-order valence-electron chi connectivity index (χ1n) is 8.09. The third kappa shape index (κ3) is 5.11. The number of nitrogens with zero attached hydrogens (tertiary/aromatic N) is 3. The highest BCUT2D eigenvalue weighted by molar-refractivity contribution is 7.99. The van der Waals surface area contributed by atoms with E-state index in [4.69, 9.17) is 0 Å². The van der Waals surface area contributed by atoms with Crippen LogP contribution < -0.4 is 5.32 Å². The fourth-order valence-electron chi connectivity index (χ4n) is 2.36. The largest absolute Gasteiger partial charge is 0.325 e. The second-order valence-electron chi connectivity index (χ2n) is 5.77. The topological polar surface area (TPSA) is 98.0 Å². The first-order chi connectivity index (χ1) is 13.0. The Bertz CT molecular complexity index is 959. The Morgan fingerprint density at radius 2 is 1.89 bits per heavy atom. The van der Waals surface area contributed by atoms with Crippen molar-refractivity contribution in [1.82, 2.24) is 10.2 Å². The highest BCUT2D eigenvalue weighted by Gasteiger charge is 2.08. The van der Waals surface area contributed by atoms with Gasteiger partial charge in [0.05, 0.1) is 16.4 Å². The number of amides is 1. The average molecular weight is 380 g/mol. The molecule has 0 unspecified atom stereocenters. The zero-order chi connectivity index (χ0) is 19.2. The highest BCUT2D eigenvalue weighted by atomic mass is 32.2. The summed E-state index contributed by atoms with van der Waals surface area (Å²) < 4.78 is 0. The maximum absolute atomic E-state index is 12.0. The lowest BCUT2D eigenvalue weighted by atomic mass is 10.1. The molecule has 0 aliphatic heterocycles. The lowest BCUT2D eigenvalue weighted by Gasteiger charge is -2.06. The van der Waals surface area contributed by atoms with Gasteiger partial charge in [0.15, 0.2) is 0 Å². The van der Waals surface area contributed by atoms with E-state index in [9.17, 15) is 14.9 Å². The number of nitro groups is 1. The first kappa shape index (κ1) is 18.5. The zero-order valence-electron chi connectivity index (χ0n) is 14.5. The van der Waals surface area contributed by atoms with Crippen molar-refractivity contribution in [3.05, 3.63) is 76.3 Å². The number of aryl methyl sites for hydroxylation is 1. The molecule has 3 rings (SSSR count). The average Bonchev–Trinajstić information content (AvgIpc) is 2.67. The highest BCUT2D eigenvalue weighted by Crippen LogP contribution is 2.22. The summed E-state index contributed by atoms with van der Waals surface area (Å²) >= 11 is 1.29. The number of rotatable bonds is 6. The summed E-state index contributed by atoms with van der Waals surface area (Å²) in [5.74, 6) is 0.103. The molecular weight excluding hydrogens is 364 g/mol. The third-order valence-corrected chi connectivity index (χ3v) is 4.59. The summed E-state index contributed by atoms with van der Waals surface area (Å²) in [4.78, 5) is 22.3. The molecule has 0 saturated heterocycles. The van der Waals surface area contributed by atoms with E-state index in [0.717, 1.165) is 16.8 Å². The monoisotopic (exact) mass is 380 g/mol. The summed E-state index contributed by atoms with van der Waals surface area (Å²) in [5.41, 5.74) is 3.21. The Kier molecular flexibility index (Phi) is 5.77. The van der Waals surface area contributed by atoms with E-state index in [-0.39, 0.29) is 17.3 Å². The molecule has 3 aromatic rings. The van der Waals surface area contributed by atoms with E-state index in [1.807, 2.05) is 31.2 Å². The maximum Gasteiger partial charge on any atom is 0.269 e. The number of hydrogen-bond donors (Lipinski definition) is 1. The van der Waals surface area contributed by atoms with Gasteiger partial charge < -0.3 is 5.32 Å². The molecule has 1 aromatic heterocycles. The van der Waals surface area contributed by atoms with Crippen LogP contribution in [0.5, 0.6) is 0 Å². The van der Waals surface area contributed by atoms with Crippen molar-refractivity contribution in [2.24, 2.45) is 0 Å². The molecule has 0 radical (unpaired) electrons. The van der Waals surface area contributed by atoms with E-state index in [0.29, 0.717) is 10.7 Å². The number of hydrogen-bond acceptors (Lipinski definition) is 6. The van der Waals surface area contributed by atoms with Crippen LogP contribution in [0.4, 0.5) is 11.4 Å². The van der Waals surface area contributed by atoms with E-state index in [1.54, 1.807) is 24.3 Å². The maximum atomic E-state index is 12.0. The van der Waals surface area contributed by atoms with Gasteiger partial charge in [0.2, 0.25) is 5.91 Å². The van der Waals surface area contributed by atoms with Crippen molar-refractivity contribution in [1.29, 1.82) is 0 Å². The predicted molar refractivity (Wildman–Crippen MR) is 105 cm³/mol. The van der Waals surface area contributed by atoms with Crippen LogP contribution in [0, 0.1) is 17.0 Å². The minimum atomic E-state index is -0.447. The minimum Gasteiger partial charge on any atom is -0.325 e. The van der Waals surface area contributed by atoms with Crippen LogP contribution in [0.25, 0.3) is 11.3 Å². The summed E-state index contributed by atoms with van der Waals surface area (Å²) in [6.45, 7) is 1.96. The number of nitro benzene ring substituents is 1. The molecule has 136 valence electrons. The summed E-state index contributed by atoms with van der Waals surface area (Å²) in [6.07, 6.45) is 0. The molecule has 2 aromatic carbocycles. The zero-order valence-corrected chi connectivity index (χ0v) is 15.3. The fourth-order valence-corrected chi connectivity index (χ4v) is 2.98. The van der Waals surface area contributed by atoms with Crippen LogP contribution in [-0.4, -0.2) is 26.8 Å². The van der Waals surface area contributed by atoms with Crippen LogP contribution in [0.15, 0.2) is 65.7 Å². The number of non-ortho nitro benzene ring substituents is 1. The van der Waals surface area contributed by atoms with Crippen LogP contribution in [-0.2, 0) is 4.79 Å². The molecular formula is C19H16N4O3S. The fraction of sp³-hybridized carbons (Fsp3) is 0.105. The van der Waals surface area contributed by atoms with Crippen molar-refractivity contribution in [3.8, 4) is 11.3 Å². The van der Waals surface area contributed by atoms with Gasteiger partial charge >= 0.3 is 0 Å². The quantitative estimate of drug-likeness (QED) is 0.393. The molecule has 8 heteroatoms. The minimum absolute atomic E-state index is 0.0264. The number of carbonyl (C=O) groups is 1. The second kappa shape index (κ2) is 8.41. The number of nitrogens with one attached hydrogen (secondary N) is 1. The molecule has 0 bridgehead atoms. The van der Waals surface area contributed by atoms with Crippen molar-refractivity contribution in [3.63, 3.8) is 0 Å². The molecule has 0 atom stereocenters. The molecule has 0 spiro atoms. The number of benzene rings is 2. The van der Waals surface area contributed by atoms with Crippen LogP contribution in [0.2, 0.25) is 0 Å².